The van der Waals surface area contributed by atoms with Gasteiger partial charge < -0.3 is 0 Å². The highest BCUT2D eigenvalue weighted by Gasteiger charge is 2.42. The SMILES string of the molecule is Cc1csc2c([C@@H]3CCCN(S(=O)(=O)[C@H]4CCS(=O)(=O)C4)C3)nc(C)n12. The van der Waals surface area contributed by atoms with Crippen LogP contribution in [0, 0.1) is 13.8 Å². The summed E-state index contributed by atoms with van der Waals surface area (Å²) in [5, 5.41) is 1.30. The first-order valence-corrected chi connectivity index (χ1v) is 13.0. The minimum Gasteiger partial charge on any atom is -0.292 e. The van der Waals surface area contributed by atoms with Gasteiger partial charge >= 0.3 is 0 Å². The van der Waals surface area contributed by atoms with E-state index in [1.165, 1.54) is 4.31 Å². The number of aromatic nitrogens is 2. The number of hydrogen-bond acceptors (Lipinski definition) is 6. The van der Waals surface area contributed by atoms with Crippen LogP contribution in [0.4, 0.5) is 0 Å². The third-order valence-corrected chi connectivity index (χ3v) is 10.8. The number of sulfonamides is 1. The number of hydrogen-bond donors (Lipinski definition) is 0. The van der Waals surface area contributed by atoms with Gasteiger partial charge in [0.15, 0.2) is 9.84 Å². The van der Waals surface area contributed by atoms with Gasteiger partial charge in [0, 0.05) is 30.1 Å². The molecule has 2 aliphatic heterocycles. The molecule has 2 aromatic rings. The zero-order chi connectivity index (χ0) is 18.7. The molecule has 2 saturated heterocycles. The summed E-state index contributed by atoms with van der Waals surface area (Å²) in [7, 11) is -6.82. The van der Waals surface area contributed by atoms with E-state index in [0.717, 1.165) is 34.9 Å². The molecule has 7 nitrogen and oxygen atoms in total. The van der Waals surface area contributed by atoms with Crippen LogP contribution in [0.2, 0.25) is 0 Å². The third-order valence-electron chi connectivity index (χ3n) is 5.46. The number of rotatable bonds is 3. The first-order valence-electron chi connectivity index (χ1n) is 8.81. The monoisotopic (exact) mass is 417 g/mol. The lowest BCUT2D eigenvalue weighted by Gasteiger charge is -2.32. The standard InChI is InChI=1S/C16H23N3O4S3/c1-11-9-24-16-15(17-12(2)19(11)16)13-4-3-6-18(8-13)26(22,23)14-5-7-25(20,21)10-14/h9,13-14H,3-8,10H2,1-2H3/t13-,14+/m1/s1. The van der Waals surface area contributed by atoms with E-state index in [9.17, 15) is 16.8 Å². The number of thiazole rings is 1. The second-order valence-electron chi connectivity index (χ2n) is 7.33. The zero-order valence-electron chi connectivity index (χ0n) is 14.9. The molecule has 4 heterocycles. The van der Waals surface area contributed by atoms with Gasteiger partial charge in [-0.2, -0.15) is 0 Å². The Bertz CT molecular complexity index is 1050. The van der Waals surface area contributed by atoms with E-state index in [1.807, 2.05) is 13.8 Å². The Labute approximate surface area is 158 Å². The fourth-order valence-electron chi connectivity index (χ4n) is 4.13. The zero-order valence-corrected chi connectivity index (χ0v) is 17.3. The summed E-state index contributed by atoms with van der Waals surface area (Å²) >= 11 is 1.64. The molecular weight excluding hydrogens is 394 g/mol. The van der Waals surface area contributed by atoms with Gasteiger partial charge in [-0.25, -0.2) is 26.1 Å². The molecule has 0 radical (unpaired) electrons. The highest BCUT2D eigenvalue weighted by atomic mass is 32.2. The summed E-state index contributed by atoms with van der Waals surface area (Å²) in [6.45, 7) is 4.87. The molecule has 2 atom stereocenters. The second-order valence-corrected chi connectivity index (χ2v) is 12.6. The highest BCUT2D eigenvalue weighted by Crippen LogP contribution is 2.35. The smallest absolute Gasteiger partial charge is 0.218 e. The number of imidazole rings is 1. The van der Waals surface area contributed by atoms with E-state index in [-0.39, 0.29) is 23.8 Å². The molecule has 26 heavy (non-hydrogen) atoms. The Balaban J connectivity index is 1.61. The van der Waals surface area contributed by atoms with Crippen LogP contribution in [0.25, 0.3) is 4.83 Å². The molecule has 2 aliphatic rings. The molecular formula is C16H23N3O4S3. The highest BCUT2D eigenvalue weighted by molar-refractivity contribution is 7.95. The van der Waals surface area contributed by atoms with Crippen LogP contribution in [-0.2, 0) is 19.9 Å². The van der Waals surface area contributed by atoms with Gasteiger partial charge in [0.1, 0.15) is 10.7 Å². The maximum Gasteiger partial charge on any atom is 0.218 e. The van der Waals surface area contributed by atoms with Crippen molar-refractivity contribution in [3.63, 3.8) is 0 Å². The van der Waals surface area contributed by atoms with E-state index in [1.54, 1.807) is 11.3 Å². The maximum atomic E-state index is 13.0. The fourth-order valence-corrected chi connectivity index (χ4v) is 9.84. The molecule has 4 rings (SSSR count). The average Bonchev–Trinajstić information content (AvgIpc) is 3.24. The number of fused-ring (bicyclic) bond motifs is 1. The van der Waals surface area contributed by atoms with Crippen molar-refractivity contribution in [1.29, 1.82) is 0 Å². The van der Waals surface area contributed by atoms with Gasteiger partial charge in [-0.15, -0.1) is 11.3 Å². The summed E-state index contributed by atoms with van der Waals surface area (Å²) in [6, 6.07) is 0. The van der Waals surface area contributed by atoms with Crippen LogP contribution in [0.5, 0.6) is 0 Å². The van der Waals surface area contributed by atoms with E-state index in [4.69, 9.17) is 4.98 Å². The normalized spacial score (nSPS) is 27.3. The Kier molecular flexibility index (Phi) is 4.45. The van der Waals surface area contributed by atoms with Crippen molar-refractivity contribution in [2.24, 2.45) is 0 Å². The van der Waals surface area contributed by atoms with Gasteiger partial charge in [-0.3, -0.25) is 4.40 Å². The molecule has 2 fully saturated rings. The maximum absolute atomic E-state index is 13.0. The van der Waals surface area contributed by atoms with E-state index in [0.29, 0.717) is 13.1 Å². The minimum atomic E-state index is -3.59. The molecule has 0 saturated carbocycles. The van der Waals surface area contributed by atoms with Crippen LogP contribution >= 0.6 is 11.3 Å². The molecule has 2 aromatic heterocycles. The minimum absolute atomic E-state index is 0.0243. The molecule has 0 N–H and O–H groups in total. The van der Waals surface area contributed by atoms with Gasteiger partial charge in [0.05, 0.1) is 22.4 Å². The lowest BCUT2D eigenvalue weighted by atomic mass is 9.97. The van der Waals surface area contributed by atoms with Crippen molar-refractivity contribution in [2.45, 2.75) is 44.3 Å². The van der Waals surface area contributed by atoms with Crippen LogP contribution in [0.15, 0.2) is 5.38 Å². The Morgan fingerprint density at radius 2 is 2.04 bits per heavy atom. The van der Waals surface area contributed by atoms with Crippen molar-refractivity contribution in [2.75, 3.05) is 24.6 Å². The number of sulfone groups is 1. The second kappa shape index (κ2) is 6.29. The van der Waals surface area contributed by atoms with E-state index >= 15 is 0 Å². The van der Waals surface area contributed by atoms with Gasteiger partial charge in [-0.1, -0.05) is 0 Å². The van der Waals surface area contributed by atoms with Crippen LogP contribution in [0.1, 0.15) is 42.4 Å². The van der Waals surface area contributed by atoms with Gasteiger partial charge in [0.2, 0.25) is 10.0 Å². The molecule has 0 spiro atoms. The summed E-state index contributed by atoms with van der Waals surface area (Å²) in [6.07, 6.45) is 1.88. The predicted octanol–water partition coefficient (Wildman–Crippen LogP) is 1.71. The topological polar surface area (TPSA) is 88.8 Å². The van der Waals surface area contributed by atoms with E-state index < -0.39 is 25.1 Å². The molecule has 0 aromatic carbocycles. The lowest BCUT2D eigenvalue weighted by molar-refractivity contribution is 0.311. The van der Waals surface area contributed by atoms with Gasteiger partial charge in [0.25, 0.3) is 0 Å². The quantitative estimate of drug-likeness (QED) is 0.758. The first kappa shape index (κ1) is 18.4. The van der Waals surface area contributed by atoms with Crippen molar-refractivity contribution >= 4 is 36.0 Å². The Hall–Kier alpha value is -0.970. The lowest BCUT2D eigenvalue weighted by Crippen LogP contribution is -2.44. The fraction of sp³-hybridized carbons (Fsp3) is 0.688. The molecule has 0 amide bonds. The van der Waals surface area contributed by atoms with Crippen LogP contribution in [-0.4, -0.2) is 60.4 Å². The summed E-state index contributed by atoms with van der Waals surface area (Å²) in [5.74, 6) is 0.715. The summed E-state index contributed by atoms with van der Waals surface area (Å²) < 4.78 is 53.0. The average molecular weight is 418 g/mol. The van der Waals surface area contributed by atoms with Crippen molar-refractivity contribution in [3.05, 3.63) is 22.6 Å². The predicted molar refractivity (Wildman–Crippen MR) is 102 cm³/mol. The Morgan fingerprint density at radius 3 is 2.73 bits per heavy atom. The number of nitrogens with zero attached hydrogens (tertiary/aromatic N) is 3. The van der Waals surface area contributed by atoms with Crippen molar-refractivity contribution < 1.29 is 16.8 Å². The molecule has 0 unspecified atom stereocenters. The number of aryl methyl sites for hydroxylation is 2. The number of piperidine rings is 1. The van der Waals surface area contributed by atoms with Crippen molar-refractivity contribution in [1.82, 2.24) is 13.7 Å². The molecule has 0 bridgehead atoms. The van der Waals surface area contributed by atoms with E-state index in [2.05, 4.69) is 9.78 Å². The first-order chi connectivity index (χ1) is 12.2. The Morgan fingerprint density at radius 1 is 1.27 bits per heavy atom. The largest absolute Gasteiger partial charge is 0.292 e. The van der Waals surface area contributed by atoms with Crippen LogP contribution in [0.3, 0.4) is 0 Å². The third kappa shape index (κ3) is 3.00. The summed E-state index contributed by atoms with van der Waals surface area (Å²) in [5.41, 5.74) is 2.11. The van der Waals surface area contributed by atoms with Gasteiger partial charge in [-0.05, 0) is 33.1 Å². The van der Waals surface area contributed by atoms with Crippen LogP contribution < -0.4 is 0 Å². The van der Waals surface area contributed by atoms with Crippen molar-refractivity contribution in [3.8, 4) is 0 Å². The molecule has 144 valence electrons. The molecule has 0 aliphatic carbocycles. The summed E-state index contributed by atoms with van der Waals surface area (Å²) in [4.78, 5) is 5.82. The molecule has 10 heteroatoms.